The van der Waals surface area contributed by atoms with Crippen molar-refractivity contribution in [2.24, 2.45) is 0 Å². The highest BCUT2D eigenvalue weighted by molar-refractivity contribution is 5.93. The van der Waals surface area contributed by atoms with Crippen LogP contribution >= 0.6 is 0 Å². The van der Waals surface area contributed by atoms with Gasteiger partial charge in [-0.15, -0.1) is 6.58 Å². The van der Waals surface area contributed by atoms with Crippen LogP contribution in [0.25, 0.3) is 0 Å². The van der Waals surface area contributed by atoms with Gasteiger partial charge in [0.05, 0.1) is 0 Å². The summed E-state index contributed by atoms with van der Waals surface area (Å²) >= 11 is 0. The van der Waals surface area contributed by atoms with Crippen molar-refractivity contribution in [3.63, 3.8) is 0 Å². The molecule has 1 amide bonds. The van der Waals surface area contributed by atoms with Crippen LogP contribution in [0.4, 0.5) is 5.69 Å². The highest BCUT2D eigenvalue weighted by atomic mass is 16.2. The molecule has 0 aliphatic heterocycles. The van der Waals surface area contributed by atoms with E-state index in [1.807, 2.05) is 6.92 Å². The fraction of sp³-hybridized carbons (Fsp3) is 0.364. The maximum Gasteiger partial charge on any atom is 0.270 e. The zero-order valence-electron chi connectivity index (χ0n) is 8.99. The number of anilines is 1. The molecule has 15 heavy (non-hydrogen) atoms. The van der Waals surface area contributed by atoms with Gasteiger partial charge in [-0.1, -0.05) is 13.0 Å². The molecule has 0 spiro atoms. The molecule has 1 aromatic rings. The molecule has 1 heterocycles. The van der Waals surface area contributed by atoms with Crippen LogP contribution in [0.5, 0.6) is 0 Å². The normalized spacial score (nSPS) is 9.93. The van der Waals surface area contributed by atoms with Gasteiger partial charge in [-0.3, -0.25) is 4.79 Å². The van der Waals surface area contributed by atoms with E-state index in [0.29, 0.717) is 17.9 Å². The fourth-order valence-electron chi connectivity index (χ4n) is 1.41. The predicted molar refractivity (Wildman–Crippen MR) is 61.6 cm³/mol. The third-order valence-electron chi connectivity index (χ3n) is 2.07. The van der Waals surface area contributed by atoms with Crippen molar-refractivity contribution < 1.29 is 4.79 Å². The van der Waals surface area contributed by atoms with Crippen LogP contribution in [0.1, 0.15) is 23.8 Å². The van der Waals surface area contributed by atoms with Gasteiger partial charge in [0.15, 0.2) is 0 Å². The summed E-state index contributed by atoms with van der Waals surface area (Å²) in [6, 6.07) is 1.65. The van der Waals surface area contributed by atoms with Gasteiger partial charge < -0.3 is 15.6 Å². The van der Waals surface area contributed by atoms with Gasteiger partial charge >= 0.3 is 0 Å². The minimum absolute atomic E-state index is 0.0338. The molecule has 0 fully saturated rings. The van der Waals surface area contributed by atoms with Crippen LogP contribution in [-0.2, 0) is 0 Å². The molecule has 0 atom stereocenters. The number of amides is 1. The number of nitrogens with zero attached hydrogens (tertiary/aromatic N) is 1. The minimum Gasteiger partial charge on any atom is -0.397 e. The number of carbonyl (C=O) groups excluding carboxylic acids is 1. The van der Waals surface area contributed by atoms with Crippen molar-refractivity contribution in [1.29, 1.82) is 0 Å². The highest BCUT2D eigenvalue weighted by Gasteiger charge is 2.14. The molecule has 0 aliphatic carbocycles. The van der Waals surface area contributed by atoms with Crippen LogP contribution in [-0.4, -0.2) is 28.9 Å². The zero-order valence-corrected chi connectivity index (χ0v) is 8.99. The zero-order chi connectivity index (χ0) is 11.3. The first-order valence-electron chi connectivity index (χ1n) is 5.03. The van der Waals surface area contributed by atoms with E-state index in [4.69, 9.17) is 5.73 Å². The largest absolute Gasteiger partial charge is 0.397 e. The first-order chi connectivity index (χ1) is 7.19. The average Bonchev–Trinajstić information content (AvgIpc) is 2.63. The molecule has 0 aliphatic rings. The molecule has 0 bridgehead atoms. The second-order valence-electron chi connectivity index (χ2n) is 3.39. The molecular weight excluding hydrogens is 190 g/mol. The molecule has 4 heteroatoms. The summed E-state index contributed by atoms with van der Waals surface area (Å²) in [6.07, 6.45) is 4.26. The molecule has 0 unspecified atom stereocenters. The van der Waals surface area contributed by atoms with Gasteiger partial charge in [0.25, 0.3) is 5.91 Å². The lowest BCUT2D eigenvalue weighted by Gasteiger charge is -2.19. The Balaban J connectivity index is 2.75. The lowest BCUT2D eigenvalue weighted by atomic mass is 10.3. The van der Waals surface area contributed by atoms with Crippen molar-refractivity contribution in [1.82, 2.24) is 9.88 Å². The summed E-state index contributed by atoms with van der Waals surface area (Å²) in [5.41, 5.74) is 6.65. The summed E-state index contributed by atoms with van der Waals surface area (Å²) in [4.78, 5) is 16.5. The number of hydrogen-bond donors (Lipinski definition) is 2. The Morgan fingerprint density at radius 2 is 2.47 bits per heavy atom. The Morgan fingerprint density at radius 3 is 2.93 bits per heavy atom. The van der Waals surface area contributed by atoms with Crippen molar-refractivity contribution in [2.75, 3.05) is 18.8 Å². The SMILES string of the molecule is C=CCN(CCC)C(=O)c1cc(N)c[nH]1. The smallest absolute Gasteiger partial charge is 0.270 e. The molecule has 0 saturated heterocycles. The third-order valence-corrected chi connectivity index (χ3v) is 2.07. The number of aromatic amines is 1. The number of hydrogen-bond acceptors (Lipinski definition) is 2. The summed E-state index contributed by atoms with van der Waals surface area (Å²) < 4.78 is 0. The first-order valence-corrected chi connectivity index (χ1v) is 5.03. The van der Waals surface area contributed by atoms with E-state index in [9.17, 15) is 4.79 Å². The fourth-order valence-corrected chi connectivity index (χ4v) is 1.41. The summed E-state index contributed by atoms with van der Waals surface area (Å²) in [7, 11) is 0. The molecule has 3 N–H and O–H groups in total. The maximum atomic E-state index is 11.9. The number of rotatable bonds is 5. The van der Waals surface area contributed by atoms with Gasteiger partial charge in [0.2, 0.25) is 0 Å². The van der Waals surface area contributed by atoms with Crippen LogP contribution < -0.4 is 5.73 Å². The number of carbonyl (C=O) groups is 1. The second kappa shape index (κ2) is 5.24. The Labute approximate surface area is 89.8 Å². The maximum absolute atomic E-state index is 11.9. The van der Waals surface area contributed by atoms with Gasteiger partial charge in [-0.2, -0.15) is 0 Å². The van der Waals surface area contributed by atoms with E-state index in [0.717, 1.165) is 13.0 Å². The highest BCUT2D eigenvalue weighted by Crippen LogP contribution is 2.08. The van der Waals surface area contributed by atoms with E-state index in [1.54, 1.807) is 23.2 Å². The number of nitrogens with one attached hydrogen (secondary N) is 1. The second-order valence-corrected chi connectivity index (χ2v) is 3.39. The van der Waals surface area contributed by atoms with Crippen LogP contribution in [0.2, 0.25) is 0 Å². The monoisotopic (exact) mass is 207 g/mol. The van der Waals surface area contributed by atoms with Crippen LogP contribution in [0.15, 0.2) is 24.9 Å². The standard InChI is InChI=1S/C11H17N3O/c1-3-5-14(6-4-2)11(15)10-7-9(12)8-13-10/h3,7-8,13H,1,4-6,12H2,2H3. The summed E-state index contributed by atoms with van der Waals surface area (Å²) in [6.45, 7) is 6.96. The Hall–Kier alpha value is -1.71. The van der Waals surface area contributed by atoms with E-state index in [-0.39, 0.29) is 5.91 Å². The first kappa shape index (κ1) is 11.4. The van der Waals surface area contributed by atoms with Gasteiger partial charge in [-0.25, -0.2) is 0 Å². The molecule has 1 aromatic heterocycles. The Bertz CT molecular complexity index is 343. The predicted octanol–water partition coefficient (Wildman–Crippen LogP) is 1.64. The molecule has 0 aromatic carbocycles. The number of H-pyrrole nitrogens is 1. The van der Waals surface area contributed by atoms with Gasteiger partial charge in [-0.05, 0) is 12.5 Å². The van der Waals surface area contributed by atoms with Gasteiger partial charge in [0, 0.05) is 25.0 Å². The van der Waals surface area contributed by atoms with E-state index < -0.39 is 0 Å². The molecule has 1 rings (SSSR count). The van der Waals surface area contributed by atoms with E-state index >= 15 is 0 Å². The molecule has 82 valence electrons. The Kier molecular flexibility index (Phi) is 3.97. The Morgan fingerprint density at radius 1 is 1.73 bits per heavy atom. The average molecular weight is 207 g/mol. The topological polar surface area (TPSA) is 62.1 Å². The van der Waals surface area contributed by atoms with Crippen molar-refractivity contribution in [3.05, 3.63) is 30.6 Å². The van der Waals surface area contributed by atoms with Crippen LogP contribution in [0.3, 0.4) is 0 Å². The lowest BCUT2D eigenvalue weighted by molar-refractivity contribution is 0.0769. The summed E-state index contributed by atoms with van der Waals surface area (Å²) in [5.74, 6) is -0.0338. The minimum atomic E-state index is -0.0338. The number of nitrogen functional groups attached to an aromatic ring is 1. The number of nitrogens with two attached hydrogens (primary N) is 1. The van der Waals surface area contributed by atoms with E-state index in [2.05, 4.69) is 11.6 Å². The van der Waals surface area contributed by atoms with Crippen molar-refractivity contribution >= 4 is 11.6 Å². The third kappa shape index (κ3) is 2.87. The van der Waals surface area contributed by atoms with Crippen molar-refractivity contribution in [2.45, 2.75) is 13.3 Å². The molecule has 0 saturated carbocycles. The van der Waals surface area contributed by atoms with E-state index in [1.165, 1.54) is 0 Å². The molecule has 4 nitrogen and oxygen atoms in total. The van der Waals surface area contributed by atoms with Crippen molar-refractivity contribution in [3.8, 4) is 0 Å². The number of aromatic nitrogens is 1. The van der Waals surface area contributed by atoms with Crippen LogP contribution in [0, 0.1) is 0 Å². The quantitative estimate of drug-likeness (QED) is 0.721. The molecular formula is C11H17N3O. The lowest BCUT2D eigenvalue weighted by Crippen LogP contribution is -2.32. The van der Waals surface area contributed by atoms with Gasteiger partial charge in [0.1, 0.15) is 5.69 Å². The molecule has 0 radical (unpaired) electrons. The summed E-state index contributed by atoms with van der Waals surface area (Å²) in [5, 5.41) is 0.